The molecule has 0 radical (unpaired) electrons. The Morgan fingerprint density at radius 1 is 1.35 bits per heavy atom. The summed E-state index contributed by atoms with van der Waals surface area (Å²) in [5, 5.41) is 2.90. The summed E-state index contributed by atoms with van der Waals surface area (Å²) in [5.41, 5.74) is 2.97. The van der Waals surface area contributed by atoms with Crippen LogP contribution in [0.2, 0.25) is 0 Å². The molecule has 1 aliphatic carbocycles. The third-order valence-electron chi connectivity index (χ3n) is 3.01. The van der Waals surface area contributed by atoms with Crippen LogP contribution >= 0.6 is 11.8 Å². The van der Waals surface area contributed by atoms with Crippen molar-refractivity contribution in [1.82, 2.24) is 5.32 Å². The molecule has 1 aromatic carbocycles. The number of rotatable bonds is 5. The number of benzene rings is 1. The van der Waals surface area contributed by atoms with Crippen LogP contribution in [-0.2, 0) is 17.6 Å². The normalized spacial score (nSPS) is 13.5. The molecule has 0 unspecified atom stereocenters. The second-order valence-corrected chi connectivity index (χ2v) is 5.47. The van der Waals surface area contributed by atoms with Gasteiger partial charge in [-0.3, -0.25) is 4.79 Å². The summed E-state index contributed by atoms with van der Waals surface area (Å²) in [4.78, 5) is 12.7. The molecule has 0 bridgehead atoms. The van der Waals surface area contributed by atoms with Crippen molar-refractivity contribution < 1.29 is 4.79 Å². The Kier molecular flexibility index (Phi) is 4.49. The van der Waals surface area contributed by atoms with E-state index >= 15 is 0 Å². The highest BCUT2D eigenvalue weighted by Crippen LogP contribution is 2.27. The number of thioether (sulfide) groups is 1. The zero-order valence-corrected chi connectivity index (χ0v) is 11.1. The second-order valence-electron chi connectivity index (χ2n) is 4.42. The maximum Gasteiger partial charge on any atom is 0.230 e. The maximum atomic E-state index is 11.5. The number of hydrogen-bond donors (Lipinski definition) is 1. The van der Waals surface area contributed by atoms with Gasteiger partial charge in [-0.15, -0.1) is 11.8 Å². The molecule has 2 rings (SSSR count). The number of carbonyl (C=O) groups excluding carboxylic acids is 1. The van der Waals surface area contributed by atoms with Crippen molar-refractivity contribution in [3.63, 3.8) is 0 Å². The summed E-state index contributed by atoms with van der Waals surface area (Å²) >= 11 is 1.63. The Morgan fingerprint density at radius 2 is 2.18 bits per heavy atom. The first kappa shape index (κ1) is 12.5. The van der Waals surface area contributed by atoms with Gasteiger partial charge in [0.15, 0.2) is 0 Å². The summed E-state index contributed by atoms with van der Waals surface area (Å²) in [5.74, 6) is 0.663. The molecular weight excluding hydrogens is 230 g/mol. The zero-order chi connectivity index (χ0) is 12.1. The van der Waals surface area contributed by atoms with E-state index in [4.69, 9.17) is 0 Å². The minimum atomic E-state index is 0.136. The van der Waals surface area contributed by atoms with Gasteiger partial charge in [0.05, 0.1) is 5.75 Å². The molecule has 0 heterocycles. The van der Waals surface area contributed by atoms with Gasteiger partial charge in [0, 0.05) is 11.4 Å². The topological polar surface area (TPSA) is 29.1 Å². The van der Waals surface area contributed by atoms with E-state index < -0.39 is 0 Å². The van der Waals surface area contributed by atoms with Crippen LogP contribution in [0.5, 0.6) is 0 Å². The molecule has 0 saturated carbocycles. The van der Waals surface area contributed by atoms with Gasteiger partial charge in [0.1, 0.15) is 0 Å². The van der Waals surface area contributed by atoms with E-state index in [0.29, 0.717) is 5.75 Å². The summed E-state index contributed by atoms with van der Waals surface area (Å²) in [6, 6.07) is 6.61. The minimum absolute atomic E-state index is 0.136. The Bertz CT molecular complexity index is 403. The Morgan fingerprint density at radius 3 is 3.00 bits per heavy atom. The average molecular weight is 249 g/mol. The van der Waals surface area contributed by atoms with Gasteiger partial charge in [0.25, 0.3) is 0 Å². The summed E-state index contributed by atoms with van der Waals surface area (Å²) in [7, 11) is 0. The molecule has 92 valence electrons. The first-order chi connectivity index (χ1) is 8.29. The van der Waals surface area contributed by atoms with E-state index in [1.807, 2.05) is 0 Å². The van der Waals surface area contributed by atoms with Gasteiger partial charge in [-0.25, -0.2) is 0 Å². The zero-order valence-electron chi connectivity index (χ0n) is 10.3. The fourth-order valence-electron chi connectivity index (χ4n) is 2.10. The van der Waals surface area contributed by atoms with E-state index in [9.17, 15) is 4.79 Å². The Balaban J connectivity index is 1.85. The molecule has 0 aliphatic heterocycles. The first-order valence-corrected chi connectivity index (χ1v) is 7.29. The van der Waals surface area contributed by atoms with Crippen LogP contribution in [0.15, 0.2) is 23.1 Å². The molecule has 0 atom stereocenters. The molecule has 1 aliphatic rings. The van der Waals surface area contributed by atoms with Gasteiger partial charge in [-0.2, -0.15) is 0 Å². The van der Waals surface area contributed by atoms with Crippen molar-refractivity contribution in [2.24, 2.45) is 0 Å². The molecule has 0 fully saturated rings. The lowest BCUT2D eigenvalue weighted by atomic mass is 10.1. The summed E-state index contributed by atoms with van der Waals surface area (Å²) in [6.07, 6.45) is 4.69. The van der Waals surface area contributed by atoms with Gasteiger partial charge in [-0.05, 0) is 48.9 Å². The standard InChI is InChI=1S/C14H19NOS/c1-2-8-15-14(16)10-17-13-7-6-11-4-3-5-12(11)9-13/h6-7,9H,2-5,8,10H2,1H3,(H,15,16). The fourth-order valence-corrected chi connectivity index (χ4v) is 2.89. The quantitative estimate of drug-likeness (QED) is 0.813. The average Bonchev–Trinajstić information content (AvgIpc) is 2.81. The van der Waals surface area contributed by atoms with E-state index in [-0.39, 0.29) is 5.91 Å². The molecule has 0 aromatic heterocycles. The second kappa shape index (κ2) is 6.10. The number of aryl methyl sites for hydroxylation is 2. The van der Waals surface area contributed by atoms with Crippen molar-refractivity contribution in [2.45, 2.75) is 37.5 Å². The van der Waals surface area contributed by atoms with Gasteiger partial charge < -0.3 is 5.32 Å². The van der Waals surface area contributed by atoms with Crippen LogP contribution in [0.25, 0.3) is 0 Å². The largest absolute Gasteiger partial charge is 0.355 e. The third-order valence-corrected chi connectivity index (χ3v) is 4.01. The fraction of sp³-hybridized carbons (Fsp3) is 0.500. The number of hydrogen-bond acceptors (Lipinski definition) is 2. The van der Waals surface area contributed by atoms with Crippen molar-refractivity contribution in [2.75, 3.05) is 12.3 Å². The predicted octanol–water partition coefficient (Wildman–Crippen LogP) is 2.79. The highest BCUT2D eigenvalue weighted by atomic mass is 32.2. The molecule has 1 N–H and O–H groups in total. The number of carbonyl (C=O) groups is 1. The van der Waals surface area contributed by atoms with Gasteiger partial charge >= 0.3 is 0 Å². The highest BCUT2D eigenvalue weighted by Gasteiger charge is 2.11. The molecular formula is C14H19NOS. The van der Waals surface area contributed by atoms with Crippen LogP contribution in [0.4, 0.5) is 0 Å². The summed E-state index contributed by atoms with van der Waals surface area (Å²) < 4.78 is 0. The minimum Gasteiger partial charge on any atom is -0.355 e. The molecule has 17 heavy (non-hydrogen) atoms. The van der Waals surface area contributed by atoms with Crippen molar-refractivity contribution in [1.29, 1.82) is 0 Å². The monoisotopic (exact) mass is 249 g/mol. The smallest absolute Gasteiger partial charge is 0.230 e. The lowest BCUT2D eigenvalue weighted by molar-refractivity contribution is -0.118. The Labute approximate surface area is 107 Å². The van der Waals surface area contributed by atoms with E-state index in [2.05, 4.69) is 30.4 Å². The number of amides is 1. The van der Waals surface area contributed by atoms with E-state index in [0.717, 1.165) is 13.0 Å². The first-order valence-electron chi connectivity index (χ1n) is 6.31. The molecule has 1 aromatic rings. The predicted molar refractivity (Wildman–Crippen MR) is 72.5 cm³/mol. The lowest BCUT2D eigenvalue weighted by Crippen LogP contribution is -2.25. The maximum absolute atomic E-state index is 11.5. The van der Waals surface area contributed by atoms with Crippen molar-refractivity contribution in [3.8, 4) is 0 Å². The van der Waals surface area contributed by atoms with Gasteiger partial charge in [-0.1, -0.05) is 13.0 Å². The number of fused-ring (bicyclic) bond motifs is 1. The van der Waals surface area contributed by atoms with Crippen LogP contribution in [0.1, 0.15) is 30.9 Å². The third kappa shape index (κ3) is 3.50. The molecule has 2 nitrogen and oxygen atoms in total. The molecule has 1 amide bonds. The van der Waals surface area contributed by atoms with E-state index in [1.54, 1.807) is 11.8 Å². The summed E-state index contributed by atoms with van der Waals surface area (Å²) in [6.45, 7) is 2.84. The highest BCUT2D eigenvalue weighted by molar-refractivity contribution is 8.00. The lowest BCUT2D eigenvalue weighted by Gasteiger charge is -2.05. The van der Waals surface area contributed by atoms with Crippen LogP contribution in [0.3, 0.4) is 0 Å². The van der Waals surface area contributed by atoms with Crippen LogP contribution < -0.4 is 5.32 Å². The molecule has 0 spiro atoms. The van der Waals surface area contributed by atoms with Crippen molar-refractivity contribution >= 4 is 17.7 Å². The van der Waals surface area contributed by atoms with Gasteiger partial charge in [0.2, 0.25) is 5.91 Å². The van der Waals surface area contributed by atoms with Crippen LogP contribution in [0, 0.1) is 0 Å². The number of nitrogens with one attached hydrogen (secondary N) is 1. The van der Waals surface area contributed by atoms with Crippen LogP contribution in [-0.4, -0.2) is 18.2 Å². The molecule has 0 saturated heterocycles. The van der Waals surface area contributed by atoms with Crippen molar-refractivity contribution in [3.05, 3.63) is 29.3 Å². The Hall–Kier alpha value is -0.960. The molecule has 3 heteroatoms. The van der Waals surface area contributed by atoms with E-state index in [1.165, 1.54) is 35.3 Å². The SMILES string of the molecule is CCCNC(=O)CSc1ccc2c(c1)CCC2.